The lowest BCUT2D eigenvalue weighted by Crippen LogP contribution is -2.17. The maximum Gasteiger partial charge on any atom is 0.257 e. The van der Waals surface area contributed by atoms with Crippen LogP contribution in [0.15, 0.2) is 55.0 Å². The Kier molecular flexibility index (Phi) is 5.80. The minimum absolute atomic E-state index is 0.0887. The molecule has 1 amide bonds. The van der Waals surface area contributed by atoms with Crippen LogP contribution < -0.4 is 5.32 Å². The first kappa shape index (κ1) is 21.2. The molecule has 5 rings (SSSR count). The predicted molar refractivity (Wildman–Crippen MR) is 120 cm³/mol. The van der Waals surface area contributed by atoms with Gasteiger partial charge in [-0.25, -0.2) is 9.97 Å². The minimum atomic E-state index is -0.744. The number of fused-ring (bicyclic) bond motifs is 5. The molecule has 8 nitrogen and oxygen atoms in total. The molecule has 1 N–H and O–H groups in total. The van der Waals surface area contributed by atoms with E-state index in [9.17, 15) is 9.18 Å². The van der Waals surface area contributed by atoms with E-state index in [-0.39, 0.29) is 17.5 Å². The van der Waals surface area contributed by atoms with Crippen molar-refractivity contribution in [2.24, 2.45) is 0 Å². The van der Waals surface area contributed by atoms with Crippen LogP contribution in [-0.2, 0) is 17.9 Å². The van der Waals surface area contributed by atoms with E-state index >= 15 is 0 Å². The highest BCUT2D eigenvalue weighted by atomic mass is 35.5. The van der Waals surface area contributed by atoms with Crippen LogP contribution in [0.4, 0.5) is 10.2 Å². The maximum absolute atomic E-state index is 13.5. The number of halogens is 2. The molecule has 4 aromatic rings. The van der Waals surface area contributed by atoms with Gasteiger partial charge in [-0.1, -0.05) is 29.8 Å². The number of aryl methyl sites for hydroxylation is 1. The molecule has 0 saturated carbocycles. The van der Waals surface area contributed by atoms with E-state index in [0.717, 1.165) is 12.0 Å². The molecule has 0 saturated heterocycles. The van der Waals surface area contributed by atoms with Gasteiger partial charge in [0, 0.05) is 30.5 Å². The Morgan fingerprint density at radius 2 is 2.06 bits per heavy atom. The lowest BCUT2D eigenvalue weighted by molar-refractivity contribution is 0.1000. The Morgan fingerprint density at radius 1 is 1.15 bits per heavy atom. The van der Waals surface area contributed by atoms with Gasteiger partial charge in [-0.2, -0.15) is 4.39 Å². The first-order valence-corrected chi connectivity index (χ1v) is 10.6. The summed E-state index contributed by atoms with van der Waals surface area (Å²) in [7, 11) is 0. The molecule has 0 spiro atoms. The van der Waals surface area contributed by atoms with Crippen molar-refractivity contribution >= 4 is 23.3 Å². The van der Waals surface area contributed by atoms with Crippen molar-refractivity contribution < 1.29 is 13.9 Å². The number of pyridine rings is 2. The van der Waals surface area contributed by atoms with Gasteiger partial charge in [0.25, 0.3) is 5.91 Å². The highest BCUT2D eigenvalue weighted by molar-refractivity contribution is 6.30. The number of benzene rings is 1. The van der Waals surface area contributed by atoms with E-state index in [1.165, 1.54) is 12.3 Å². The second-order valence-electron chi connectivity index (χ2n) is 7.48. The molecule has 1 aliphatic heterocycles. The Balaban J connectivity index is 1.54. The van der Waals surface area contributed by atoms with Crippen molar-refractivity contribution in [2.45, 2.75) is 19.6 Å². The van der Waals surface area contributed by atoms with E-state index in [2.05, 4.69) is 25.5 Å². The van der Waals surface area contributed by atoms with Crippen molar-refractivity contribution in [2.75, 3.05) is 11.9 Å². The van der Waals surface area contributed by atoms with Crippen molar-refractivity contribution in [1.82, 2.24) is 24.7 Å². The number of carbonyl (C=O) groups excluding carboxylic acids is 1. The highest BCUT2D eigenvalue weighted by Gasteiger charge is 2.17. The minimum Gasteiger partial charge on any atom is -0.377 e. The number of anilines is 1. The van der Waals surface area contributed by atoms with Gasteiger partial charge in [0.1, 0.15) is 17.8 Å². The van der Waals surface area contributed by atoms with Crippen molar-refractivity contribution in [3.63, 3.8) is 0 Å². The van der Waals surface area contributed by atoms with Gasteiger partial charge in [-0.15, -0.1) is 10.2 Å². The Bertz CT molecular complexity index is 1340. The zero-order valence-corrected chi connectivity index (χ0v) is 18.1. The first-order valence-electron chi connectivity index (χ1n) is 10.3. The maximum atomic E-state index is 13.5. The summed E-state index contributed by atoms with van der Waals surface area (Å²) in [5.74, 6) is -0.0918. The number of rotatable bonds is 1. The third-order valence-corrected chi connectivity index (χ3v) is 5.53. The number of ether oxygens (including phenoxy) is 1. The lowest BCUT2D eigenvalue weighted by Gasteiger charge is -2.14. The third-order valence-electron chi connectivity index (χ3n) is 5.26. The molecule has 0 aliphatic carbocycles. The largest absolute Gasteiger partial charge is 0.377 e. The first-order chi connectivity index (χ1) is 16.1. The van der Waals surface area contributed by atoms with Crippen molar-refractivity contribution in [1.29, 1.82) is 0 Å². The average Bonchev–Trinajstić information content (AvgIpc) is 3.29. The molecule has 166 valence electrons. The lowest BCUT2D eigenvalue weighted by atomic mass is 9.99. The molecule has 1 aliphatic rings. The molecule has 4 heterocycles. The third kappa shape index (κ3) is 4.46. The summed E-state index contributed by atoms with van der Waals surface area (Å²) in [4.78, 5) is 21.5. The van der Waals surface area contributed by atoms with Crippen molar-refractivity contribution in [3.05, 3.63) is 77.1 Å². The second kappa shape index (κ2) is 9.05. The summed E-state index contributed by atoms with van der Waals surface area (Å²) >= 11 is 5.89. The molecular formula is C23H18ClFN6O2. The molecule has 10 heteroatoms. The van der Waals surface area contributed by atoms with E-state index in [1.807, 2.05) is 22.8 Å². The summed E-state index contributed by atoms with van der Waals surface area (Å²) < 4.78 is 21.3. The smallest absolute Gasteiger partial charge is 0.257 e. The molecule has 0 atom stereocenters. The summed E-state index contributed by atoms with van der Waals surface area (Å²) in [6.45, 7) is 1.42. The number of hydrogen-bond donors (Lipinski definition) is 1. The van der Waals surface area contributed by atoms with Gasteiger partial charge in [0.15, 0.2) is 5.82 Å². The van der Waals surface area contributed by atoms with E-state index < -0.39 is 5.95 Å². The number of carbonyl (C=O) groups is 1. The molecule has 0 radical (unpaired) electrons. The summed E-state index contributed by atoms with van der Waals surface area (Å²) in [6.07, 6.45) is 3.77. The zero-order chi connectivity index (χ0) is 22.8. The van der Waals surface area contributed by atoms with Gasteiger partial charge in [0.2, 0.25) is 5.95 Å². The summed E-state index contributed by atoms with van der Waals surface area (Å²) in [6, 6.07) is 12.2. The van der Waals surface area contributed by atoms with Gasteiger partial charge < -0.3 is 14.6 Å². The molecule has 2 bridgehead atoms. The molecule has 33 heavy (non-hydrogen) atoms. The quantitative estimate of drug-likeness (QED) is 0.420. The number of amides is 1. The Hall–Kier alpha value is -3.69. The normalized spacial score (nSPS) is 14.1. The number of aromatic nitrogens is 5. The van der Waals surface area contributed by atoms with Gasteiger partial charge in [-0.05, 0) is 41.8 Å². The van der Waals surface area contributed by atoms with Crippen LogP contribution in [0, 0.1) is 5.95 Å². The molecule has 0 fully saturated rings. The fourth-order valence-electron chi connectivity index (χ4n) is 3.62. The monoisotopic (exact) mass is 464 g/mol. The number of hydrogen-bond acceptors (Lipinski definition) is 6. The summed E-state index contributed by atoms with van der Waals surface area (Å²) in [5.41, 5.74) is 3.01. The molecule has 3 aromatic heterocycles. The van der Waals surface area contributed by atoms with Gasteiger partial charge in [-0.3, -0.25) is 4.79 Å². The fourth-order valence-corrected chi connectivity index (χ4v) is 3.79. The molecule has 0 unspecified atom stereocenters. The standard InChI is InChI=1S/C23H18ClFN6O2/c24-18-10-16(11-26-21(18)25)14-5-6-15-12-33-8-2-7-31-13-27-30-22(31)19-3-1-4-20(28-19)29-23(32)17(15)9-14/h1,3-6,9-11,13H,2,7-8,12H2,(H,28,29,32). The van der Waals surface area contributed by atoms with Gasteiger partial charge in [0.05, 0.1) is 11.6 Å². The zero-order valence-electron chi connectivity index (χ0n) is 17.3. The summed E-state index contributed by atoms with van der Waals surface area (Å²) in [5, 5.41) is 10.9. The van der Waals surface area contributed by atoms with Crippen LogP contribution in [0.25, 0.3) is 22.6 Å². The van der Waals surface area contributed by atoms with Crippen LogP contribution >= 0.6 is 11.6 Å². The Labute approximate surface area is 193 Å². The highest BCUT2D eigenvalue weighted by Crippen LogP contribution is 2.27. The Morgan fingerprint density at radius 3 is 2.94 bits per heavy atom. The van der Waals surface area contributed by atoms with Crippen LogP contribution in [0.2, 0.25) is 5.02 Å². The second-order valence-corrected chi connectivity index (χ2v) is 7.89. The van der Waals surface area contributed by atoms with Gasteiger partial charge >= 0.3 is 0 Å². The molecular weight excluding hydrogens is 447 g/mol. The topological polar surface area (TPSA) is 94.8 Å². The number of nitrogens with one attached hydrogen (secondary N) is 1. The van der Waals surface area contributed by atoms with Crippen LogP contribution in [0.5, 0.6) is 0 Å². The van der Waals surface area contributed by atoms with Crippen LogP contribution in [0.3, 0.4) is 0 Å². The SMILES string of the molecule is O=C1Nc2cccc(n2)-c2nncn2CCCOCc2ccc(-c3cnc(F)c(Cl)c3)cc21. The van der Waals surface area contributed by atoms with Crippen LogP contribution in [-0.4, -0.2) is 37.2 Å². The predicted octanol–water partition coefficient (Wildman–Crippen LogP) is 4.37. The fraction of sp³-hybridized carbons (Fsp3) is 0.174. The van der Waals surface area contributed by atoms with E-state index in [1.54, 1.807) is 24.5 Å². The van der Waals surface area contributed by atoms with Crippen molar-refractivity contribution in [3.8, 4) is 22.6 Å². The number of nitrogens with zero attached hydrogens (tertiary/aromatic N) is 5. The van der Waals surface area contributed by atoms with Crippen LogP contribution in [0.1, 0.15) is 22.3 Å². The average molecular weight is 465 g/mol. The molecule has 1 aromatic carbocycles. The van der Waals surface area contributed by atoms with E-state index in [0.29, 0.717) is 47.2 Å². The van der Waals surface area contributed by atoms with E-state index in [4.69, 9.17) is 16.3 Å².